The summed E-state index contributed by atoms with van der Waals surface area (Å²) >= 11 is 1.24. The van der Waals surface area contributed by atoms with Crippen LogP contribution in [0.3, 0.4) is 0 Å². The van der Waals surface area contributed by atoms with Gasteiger partial charge in [-0.05, 0) is 36.8 Å². The van der Waals surface area contributed by atoms with Crippen molar-refractivity contribution in [3.05, 3.63) is 64.4 Å². The highest BCUT2D eigenvalue weighted by Gasteiger charge is 2.19. The third-order valence-corrected chi connectivity index (χ3v) is 5.46. The molecule has 0 fully saturated rings. The lowest BCUT2D eigenvalue weighted by atomic mass is 10.2. The van der Waals surface area contributed by atoms with Gasteiger partial charge in [-0.1, -0.05) is 12.1 Å². The second kappa shape index (κ2) is 9.02. The Hall–Kier alpha value is -2.97. The van der Waals surface area contributed by atoms with Gasteiger partial charge >= 0.3 is 0 Å². The van der Waals surface area contributed by atoms with Gasteiger partial charge in [-0.25, -0.2) is 14.4 Å². The van der Waals surface area contributed by atoms with E-state index in [0.29, 0.717) is 33.4 Å². The molecular formula is C21H22FN3O3S. The number of rotatable bonds is 7. The Balaban J connectivity index is 1.73. The number of nitrogens with one attached hydrogen (secondary N) is 1. The van der Waals surface area contributed by atoms with Crippen LogP contribution in [0.15, 0.2) is 42.5 Å². The van der Waals surface area contributed by atoms with Crippen molar-refractivity contribution in [2.45, 2.75) is 13.5 Å². The molecule has 2 aromatic carbocycles. The summed E-state index contributed by atoms with van der Waals surface area (Å²) in [6.45, 7) is 2.31. The molecule has 0 saturated carbocycles. The number of thiazole rings is 1. The summed E-state index contributed by atoms with van der Waals surface area (Å²) in [5, 5.41) is 2.31. The molecule has 0 radical (unpaired) electrons. The van der Waals surface area contributed by atoms with Gasteiger partial charge in [0.1, 0.15) is 27.2 Å². The number of nitrogens with zero attached hydrogens (tertiary/aromatic N) is 2. The van der Waals surface area contributed by atoms with Gasteiger partial charge in [0.15, 0.2) is 0 Å². The number of hydrogen-bond acceptors (Lipinski definition) is 6. The maximum Gasteiger partial charge on any atom is 0.277 e. The Morgan fingerprint density at radius 3 is 2.55 bits per heavy atom. The van der Waals surface area contributed by atoms with E-state index in [4.69, 9.17) is 9.47 Å². The van der Waals surface area contributed by atoms with Crippen molar-refractivity contribution < 1.29 is 18.7 Å². The van der Waals surface area contributed by atoms with Crippen LogP contribution in [0.2, 0.25) is 0 Å². The second-order valence-electron chi connectivity index (χ2n) is 6.42. The van der Waals surface area contributed by atoms with Gasteiger partial charge in [-0.3, -0.25) is 10.2 Å². The Labute approximate surface area is 172 Å². The van der Waals surface area contributed by atoms with E-state index in [1.807, 2.05) is 24.3 Å². The minimum absolute atomic E-state index is 0.247. The topological polar surface area (TPSA) is 63.7 Å². The number of amides is 1. The number of carbonyl (C=O) groups is 1. The van der Waals surface area contributed by atoms with Crippen molar-refractivity contribution in [2.24, 2.45) is 0 Å². The van der Waals surface area contributed by atoms with Gasteiger partial charge < -0.3 is 9.47 Å². The molecule has 3 rings (SSSR count). The molecule has 29 heavy (non-hydrogen) atoms. The van der Waals surface area contributed by atoms with E-state index in [0.717, 1.165) is 11.3 Å². The van der Waals surface area contributed by atoms with Crippen LogP contribution in [-0.2, 0) is 6.54 Å². The van der Waals surface area contributed by atoms with Crippen LogP contribution in [0.4, 0.5) is 4.39 Å². The molecule has 0 saturated heterocycles. The Morgan fingerprint density at radius 2 is 1.90 bits per heavy atom. The number of aromatic nitrogens is 1. The highest BCUT2D eigenvalue weighted by atomic mass is 32.1. The normalized spacial score (nSPS) is 10.8. The zero-order valence-electron chi connectivity index (χ0n) is 16.7. The molecule has 0 bridgehead atoms. The molecule has 1 N–H and O–H groups in total. The lowest BCUT2D eigenvalue weighted by Gasteiger charge is -2.18. The van der Waals surface area contributed by atoms with Gasteiger partial charge in [0.2, 0.25) is 0 Å². The first kappa shape index (κ1) is 20.8. The number of hydrogen-bond donors (Lipinski definition) is 1. The van der Waals surface area contributed by atoms with Crippen LogP contribution in [-0.4, -0.2) is 37.2 Å². The summed E-state index contributed by atoms with van der Waals surface area (Å²) in [4.78, 5) is 17.7. The molecule has 3 aromatic rings. The number of carbonyl (C=O) groups excluding carboxylic acids is 1. The van der Waals surface area contributed by atoms with Crippen LogP contribution in [0.5, 0.6) is 11.5 Å². The molecule has 1 amide bonds. The fourth-order valence-corrected chi connectivity index (χ4v) is 3.82. The Kier molecular flexibility index (Phi) is 6.46. The average Bonchev–Trinajstić information content (AvgIpc) is 3.09. The Bertz CT molecular complexity index is 1000. The van der Waals surface area contributed by atoms with E-state index < -0.39 is 5.82 Å². The molecule has 6 nitrogen and oxygen atoms in total. The van der Waals surface area contributed by atoms with Gasteiger partial charge in [0, 0.05) is 19.7 Å². The number of ether oxygens (including phenoxy) is 2. The van der Waals surface area contributed by atoms with Crippen molar-refractivity contribution in [3.8, 4) is 22.1 Å². The van der Waals surface area contributed by atoms with Crippen LogP contribution < -0.4 is 14.9 Å². The number of halogens is 1. The fourth-order valence-electron chi connectivity index (χ4n) is 2.83. The fraction of sp³-hybridized carbons (Fsp3) is 0.238. The summed E-state index contributed by atoms with van der Waals surface area (Å²) in [6.07, 6.45) is 0. The van der Waals surface area contributed by atoms with Crippen LogP contribution in [0.25, 0.3) is 10.6 Å². The zero-order valence-corrected chi connectivity index (χ0v) is 17.5. The molecule has 0 aliphatic heterocycles. The van der Waals surface area contributed by atoms with Crippen LogP contribution in [0, 0.1) is 12.7 Å². The number of methoxy groups -OCH3 is 2. The number of aryl methyl sites for hydroxylation is 1. The number of hydrazine groups is 1. The van der Waals surface area contributed by atoms with Crippen molar-refractivity contribution in [3.63, 3.8) is 0 Å². The summed E-state index contributed by atoms with van der Waals surface area (Å²) in [5.74, 6) is 0.521. The molecule has 0 spiro atoms. The van der Waals surface area contributed by atoms with Gasteiger partial charge in [0.25, 0.3) is 5.91 Å². The lowest BCUT2D eigenvalue weighted by molar-refractivity contribution is 0.0823. The minimum Gasteiger partial charge on any atom is -0.497 e. The van der Waals surface area contributed by atoms with E-state index >= 15 is 0 Å². The molecule has 152 valence electrons. The summed E-state index contributed by atoms with van der Waals surface area (Å²) < 4.78 is 23.9. The summed E-state index contributed by atoms with van der Waals surface area (Å²) in [5.41, 5.74) is 5.14. The lowest BCUT2D eigenvalue weighted by Crippen LogP contribution is -2.38. The highest BCUT2D eigenvalue weighted by Crippen LogP contribution is 2.34. The van der Waals surface area contributed by atoms with E-state index in [1.54, 1.807) is 32.2 Å². The van der Waals surface area contributed by atoms with Crippen molar-refractivity contribution in [2.75, 3.05) is 21.3 Å². The SMILES string of the molecule is COc1ccc(CN(C)NC(=O)c2sc(-c3ccc(F)cc3OC)nc2C)cc1. The van der Waals surface area contributed by atoms with Gasteiger partial charge in [-0.2, -0.15) is 0 Å². The second-order valence-corrected chi connectivity index (χ2v) is 7.42. The molecule has 0 atom stereocenters. The molecule has 8 heteroatoms. The highest BCUT2D eigenvalue weighted by molar-refractivity contribution is 7.17. The largest absolute Gasteiger partial charge is 0.497 e. The first-order valence-electron chi connectivity index (χ1n) is 8.87. The van der Waals surface area contributed by atoms with E-state index in [9.17, 15) is 9.18 Å². The van der Waals surface area contributed by atoms with Crippen molar-refractivity contribution in [1.82, 2.24) is 15.4 Å². The molecular weight excluding hydrogens is 393 g/mol. The molecule has 0 aliphatic rings. The van der Waals surface area contributed by atoms with Crippen LogP contribution >= 0.6 is 11.3 Å². The van der Waals surface area contributed by atoms with Crippen molar-refractivity contribution >= 4 is 17.2 Å². The predicted octanol–water partition coefficient (Wildman–Crippen LogP) is 4.05. The maximum absolute atomic E-state index is 13.5. The smallest absolute Gasteiger partial charge is 0.277 e. The number of benzene rings is 2. The van der Waals surface area contributed by atoms with E-state index in [1.165, 1.54) is 30.6 Å². The molecule has 1 heterocycles. The van der Waals surface area contributed by atoms with Crippen LogP contribution in [0.1, 0.15) is 20.9 Å². The third-order valence-electron chi connectivity index (χ3n) is 4.27. The molecule has 0 aliphatic carbocycles. The van der Waals surface area contributed by atoms with Gasteiger partial charge in [-0.15, -0.1) is 11.3 Å². The van der Waals surface area contributed by atoms with Crippen molar-refractivity contribution in [1.29, 1.82) is 0 Å². The third kappa shape index (κ3) is 4.90. The predicted molar refractivity (Wildman–Crippen MR) is 111 cm³/mol. The first-order valence-corrected chi connectivity index (χ1v) is 9.69. The minimum atomic E-state index is -0.392. The van der Waals surface area contributed by atoms with E-state index in [-0.39, 0.29) is 5.91 Å². The Morgan fingerprint density at radius 1 is 1.17 bits per heavy atom. The summed E-state index contributed by atoms with van der Waals surface area (Å²) in [6, 6.07) is 11.9. The first-order chi connectivity index (χ1) is 13.9. The standard InChI is InChI=1S/C21H22FN3O3S/c1-13-19(29-21(23-13)17-10-7-15(22)11-18(17)28-4)20(26)24-25(2)12-14-5-8-16(27-3)9-6-14/h5-11H,12H2,1-4H3,(H,24,26). The quantitative estimate of drug-likeness (QED) is 0.590. The maximum atomic E-state index is 13.5. The summed E-state index contributed by atoms with van der Waals surface area (Å²) in [7, 11) is 4.89. The molecule has 1 aromatic heterocycles. The monoisotopic (exact) mass is 415 g/mol. The van der Waals surface area contributed by atoms with Gasteiger partial charge in [0.05, 0.1) is 25.5 Å². The average molecular weight is 415 g/mol. The zero-order chi connectivity index (χ0) is 21.0. The molecule has 0 unspecified atom stereocenters. The van der Waals surface area contributed by atoms with E-state index in [2.05, 4.69) is 10.4 Å².